The average molecular weight is 292 g/mol. The maximum atomic E-state index is 11.0. The summed E-state index contributed by atoms with van der Waals surface area (Å²) in [6.45, 7) is 5.90. The molecule has 0 saturated carbocycles. The van der Waals surface area contributed by atoms with E-state index in [9.17, 15) is 4.79 Å². The van der Waals surface area contributed by atoms with E-state index in [1.165, 1.54) is 12.3 Å². The number of nitrogens with zero attached hydrogens (tertiary/aromatic N) is 2. The first-order chi connectivity index (χ1) is 9.38. The summed E-state index contributed by atoms with van der Waals surface area (Å²) in [5.41, 5.74) is 6.76. The van der Waals surface area contributed by atoms with E-state index in [1.807, 2.05) is 20.8 Å². The van der Waals surface area contributed by atoms with Gasteiger partial charge in [0, 0.05) is 4.88 Å². The summed E-state index contributed by atoms with van der Waals surface area (Å²) in [5.74, 6) is -0.583. The van der Waals surface area contributed by atoms with Crippen molar-refractivity contribution in [3.63, 3.8) is 0 Å². The number of aromatic carboxylic acids is 1. The SMILES string of the molecule is Cc1nc(C)c(C(C)Nc2cc(C(=O)O)c(N)cn2)s1. The molecule has 20 heavy (non-hydrogen) atoms. The molecule has 6 nitrogen and oxygen atoms in total. The van der Waals surface area contributed by atoms with Crippen molar-refractivity contribution in [2.45, 2.75) is 26.8 Å². The first kappa shape index (κ1) is 14.3. The number of hydrogen-bond acceptors (Lipinski definition) is 6. The van der Waals surface area contributed by atoms with E-state index >= 15 is 0 Å². The van der Waals surface area contributed by atoms with Crippen LogP contribution in [0.5, 0.6) is 0 Å². The van der Waals surface area contributed by atoms with E-state index in [2.05, 4.69) is 15.3 Å². The summed E-state index contributed by atoms with van der Waals surface area (Å²) in [7, 11) is 0. The van der Waals surface area contributed by atoms with Crippen LogP contribution in [0.2, 0.25) is 0 Å². The van der Waals surface area contributed by atoms with Gasteiger partial charge in [-0.15, -0.1) is 11.3 Å². The van der Waals surface area contributed by atoms with Gasteiger partial charge in [0.15, 0.2) is 0 Å². The number of thiazole rings is 1. The molecule has 1 unspecified atom stereocenters. The molecule has 0 bridgehead atoms. The third kappa shape index (κ3) is 2.88. The highest BCUT2D eigenvalue weighted by molar-refractivity contribution is 7.11. The zero-order valence-corrected chi connectivity index (χ0v) is 12.3. The molecule has 0 aliphatic heterocycles. The number of nitrogens with one attached hydrogen (secondary N) is 1. The number of aryl methyl sites for hydroxylation is 2. The number of rotatable bonds is 4. The zero-order chi connectivity index (χ0) is 14.9. The number of anilines is 2. The average Bonchev–Trinajstić information content (AvgIpc) is 2.70. The summed E-state index contributed by atoms with van der Waals surface area (Å²) in [6, 6.07) is 1.44. The predicted octanol–water partition coefficient (Wildman–Crippen LogP) is 2.61. The highest BCUT2D eigenvalue weighted by Crippen LogP contribution is 2.27. The standard InChI is InChI=1S/C13H16N4O2S/c1-6-12(20-8(3)16-6)7(2)17-11-4-9(13(18)19)10(14)5-15-11/h4-5,7H,14H2,1-3H3,(H,15,17)(H,18,19). The Labute approximate surface area is 120 Å². The van der Waals surface area contributed by atoms with Crippen molar-refractivity contribution in [1.29, 1.82) is 0 Å². The highest BCUT2D eigenvalue weighted by Gasteiger charge is 2.15. The molecule has 0 spiro atoms. The molecule has 1 atom stereocenters. The molecule has 2 rings (SSSR count). The predicted molar refractivity (Wildman–Crippen MR) is 79.2 cm³/mol. The molecule has 0 aliphatic rings. The van der Waals surface area contributed by atoms with Crippen molar-refractivity contribution < 1.29 is 9.90 Å². The zero-order valence-electron chi connectivity index (χ0n) is 11.5. The van der Waals surface area contributed by atoms with Crippen LogP contribution in [-0.4, -0.2) is 21.0 Å². The highest BCUT2D eigenvalue weighted by atomic mass is 32.1. The van der Waals surface area contributed by atoms with Gasteiger partial charge in [-0.1, -0.05) is 0 Å². The lowest BCUT2D eigenvalue weighted by molar-refractivity contribution is 0.0698. The van der Waals surface area contributed by atoms with Crippen molar-refractivity contribution in [2.24, 2.45) is 0 Å². The molecule has 0 radical (unpaired) electrons. The Bertz CT molecular complexity index is 654. The molecule has 2 aromatic heterocycles. The smallest absolute Gasteiger partial charge is 0.337 e. The minimum Gasteiger partial charge on any atom is -0.478 e. The lowest BCUT2D eigenvalue weighted by atomic mass is 10.2. The molecule has 0 fully saturated rings. The Balaban J connectivity index is 2.24. The molecule has 0 amide bonds. The number of nitrogen functional groups attached to an aromatic ring is 1. The van der Waals surface area contributed by atoms with Gasteiger partial charge in [-0.25, -0.2) is 14.8 Å². The Kier molecular flexibility index (Phi) is 3.89. The topological polar surface area (TPSA) is 101 Å². The molecule has 0 aliphatic carbocycles. The summed E-state index contributed by atoms with van der Waals surface area (Å²) in [4.78, 5) is 20.6. The molecule has 2 heterocycles. The van der Waals surface area contributed by atoms with Crippen molar-refractivity contribution in [3.8, 4) is 0 Å². The van der Waals surface area contributed by atoms with Crippen LogP contribution in [0.15, 0.2) is 12.3 Å². The van der Waals surface area contributed by atoms with Crippen molar-refractivity contribution in [1.82, 2.24) is 9.97 Å². The minimum absolute atomic E-state index is 0.000954. The molecule has 2 aromatic rings. The maximum absolute atomic E-state index is 11.0. The van der Waals surface area contributed by atoms with Crippen LogP contribution in [0.1, 0.15) is 38.9 Å². The van der Waals surface area contributed by atoms with Gasteiger partial charge >= 0.3 is 5.97 Å². The summed E-state index contributed by atoms with van der Waals surface area (Å²) >= 11 is 1.61. The molecular weight excluding hydrogens is 276 g/mol. The van der Waals surface area contributed by atoms with Gasteiger partial charge in [0.05, 0.1) is 34.2 Å². The third-order valence-corrected chi connectivity index (χ3v) is 4.12. The number of hydrogen-bond donors (Lipinski definition) is 3. The number of nitrogens with two attached hydrogens (primary N) is 1. The molecule has 7 heteroatoms. The lowest BCUT2D eigenvalue weighted by Crippen LogP contribution is -2.10. The molecule has 4 N–H and O–H groups in total. The monoisotopic (exact) mass is 292 g/mol. The van der Waals surface area contributed by atoms with Crippen LogP contribution in [-0.2, 0) is 0 Å². The normalized spacial score (nSPS) is 12.2. The Hall–Kier alpha value is -2.15. The molecule has 0 saturated heterocycles. The molecular formula is C13H16N4O2S. The van der Waals surface area contributed by atoms with Crippen LogP contribution in [0.4, 0.5) is 11.5 Å². The van der Waals surface area contributed by atoms with Gasteiger partial charge in [-0.05, 0) is 26.8 Å². The second kappa shape index (κ2) is 5.46. The van der Waals surface area contributed by atoms with E-state index < -0.39 is 5.97 Å². The number of aromatic nitrogens is 2. The second-order valence-electron chi connectivity index (χ2n) is 4.51. The van der Waals surface area contributed by atoms with Crippen LogP contribution in [0.3, 0.4) is 0 Å². The van der Waals surface area contributed by atoms with Crippen molar-refractivity contribution in [3.05, 3.63) is 33.4 Å². The fraction of sp³-hybridized carbons (Fsp3) is 0.308. The second-order valence-corrected chi connectivity index (χ2v) is 5.75. The van der Waals surface area contributed by atoms with E-state index in [0.29, 0.717) is 5.82 Å². The van der Waals surface area contributed by atoms with Gasteiger partial charge in [-0.2, -0.15) is 0 Å². The quantitative estimate of drug-likeness (QED) is 0.800. The van der Waals surface area contributed by atoms with Gasteiger partial charge in [0.25, 0.3) is 0 Å². The Morgan fingerprint density at radius 3 is 2.75 bits per heavy atom. The van der Waals surface area contributed by atoms with Crippen LogP contribution < -0.4 is 11.1 Å². The number of carboxylic acid groups (broad SMARTS) is 1. The number of carbonyl (C=O) groups is 1. The lowest BCUT2D eigenvalue weighted by Gasteiger charge is -2.14. The van der Waals surface area contributed by atoms with Gasteiger partial charge in [0.1, 0.15) is 5.82 Å². The van der Waals surface area contributed by atoms with Gasteiger partial charge in [-0.3, -0.25) is 0 Å². The van der Waals surface area contributed by atoms with E-state index in [1.54, 1.807) is 11.3 Å². The summed E-state index contributed by atoms with van der Waals surface area (Å²) < 4.78 is 0. The maximum Gasteiger partial charge on any atom is 0.337 e. The minimum atomic E-state index is -1.06. The Morgan fingerprint density at radius 2 is 2.20 bits per heavy atom. The van der Waals surface area contributed by atoms with Crippen LogP contribution in [0.25, 0.3) is 0 Å². The summed E-state index contributed by atoms with van der Waals surface area (Å²) in [5, 5.41) is 13.2. The third-order valence-electron chi connectivity index (χ3n) is 2.86. The fourth-order valence-electron chi connectivity index (χ4n) is 1.97. The largest absolute Gasteiger partial charge is 0.478 e. The van der Waals surface area contributed by atoms with Crippen molar-refractivity contribution >= 4 is 28.8 Å². The van der Waals surface area contributed by atoms with Crippen LogP contribution in [0, 0.1) is 13.8 Å². The van der Waals surface area contributed by atoms with E-state index in [-0.39, 0.29) is 17.3 Å². The molecule has 106 valence electrons. The summed E-state index contributed by atoms with van der Waals surface area (Å²) in [6.07, 6.45) is 1.35. The first-order valence-corrected chi connectivity index (χ1v) is 6.89. The van der Waals surface area contributed by atoms with Gasteiger partial charge in [0.2, 0.25) is 0 Å². The van der Waals surface area contributed by atoms with E-state index in [0.717, 1.165) is 15.6 Å². The Morgan fingerprint density at radius 1 is 1.50 bits per heavy atom. The number of pyridine rings is 1. The van der Waals surface area contributed by atoms with Gasteiger partial charge < -0.3 is 16.2 Å². The van der Waals surface area contributed by atoms with Crippen LogP contribution >= 0.6 is 11.3 Å². The number of carboxylic acids is 1. The first-order valence-electron chi connectivity index (χ1n) is 6.07. The molecule has 0 aromatic carbocycles. The van der Waals surface area contributed by atoms with Crippen molar-refractivity contribution in [2.75, 3.05) is 11.1 Å². The van der Waals surface area contributed by atoms with E-state index in [4.69, 9.17) is 10.8 Å². The fourth-order valence-corrected chi connectivity index (χ4v) is 2.90.